The molecule has 0 spiro atoms. The standard InChI is InChI=1S/C10H15N3O2/c14-10(8-2-1-4-11-6-8)12-7-9-3-5-13-15-9/h3,5,8,11H,1-2,4,6-7H2,(H,12,14)/t8-/m0/s1. The van der Waals surface area contributed by atoms with Crippen molar-refractivity contribution in [3.63, 3.8) is 0 Å². The van der Waals surface area contributed by atoms with E-state index in [1.165, 1.54) is 0 Å². The van der Waals surface area contributed by atoms with Gasteiger partial charge in [-0.25, -0.2) is 0 Å². The van der Waals surface area contributed by atoms with E-state index < -0.39 is 0 Å². The lowest BCUT2D eigenvalue weighted by atomic mass is 9.99. The Bertz CT molecular complexity index is 304. The molecule has 0 saturated carbocycles. The monoisotopic (exact) mass is 209 g/mol. The van der Waals surface area contributed by atoms with Crippen LogP contribution in [0.3, 0.4) is 0 Å². The lowest BCUT2D eigenvalue weighted by Gasteiger charge is -2.21. The van der Waals surface area contributed by atoms with E-state index in [2.05, 4.69) is 15.8 Å². The normalized spacial score (nSPS) is 21.2. The van der Waals surface area contributed by atoms with Crippen LogP contribution in [0.4, 0.5) is 0 Å². The highest BCUT2D eigenvalue weighted by atomic mass is 16.5. The van der Waals surface area contributed by atoms with Gasteiger partial charge in [-0.15, -0.1) is 0 Å². The topological polar surface area (TPSA) is 67.2 Å². The van der Waals surface area contributed by atoms with E-state index in [0.29, 0.717) is 12.3 Å². The molecule has 1 aromatic heterocycles. The number of aromatic nitrogens is 1. The van der Waals surface area contributed by atoms with E-state index in [1.807, 2.05) is 0 Å². The van der Waals surface area contributed by atoms with Crippen LogP contribution < -0.4 is 10.6 Å². The first-order chi connectivity index (χ1) is 7.36. The molecule has 2 N–H and O–H groups in total. The van der Waals surface area contributed by atoms with Crippen LogP contribution in [-0.4, -0.2) is 24.2 Å². The highest BCUT2D eigenvalue weighted by molar-refractivity contribution is 5.78. The molecular formula is C10H15N3O2. The van der Waals surface area contributed by atoms with E-state index in [4.69, 9.17) is 4.52 Å². The van der Waals surface area contributed by atoms with Crippen molar-refractivity contribution in [2.75, 3.05) is 13.1 Å². The maximum atomic E-state index is 11.7. The minimum absolute atomic E-state index is 0.0959. The average molecular weight is 209 g/mol. The summed E-state index contributed by atoms with van der Waals surface area (Å²) in [7, 11) is 0. The molecule has 0 aromatic carbocycles. The summed E-state index contributed by atoms with van der Waals surface area (Å²) < 4.78 is 4.89. The molecular weight excluding hydrogens is 194 g/mol. The van der Waals surface area contributed by atoms with Crippen molar-refractivity contribution < 1.29 is 9.32 Å². The van der Waals surface area contributed by atoms with Crippen LogP contribution in [0.15, 0.2) is 16.8 Å². The van der Waals surface area contributed by atoms with Gasteiger partial charge in [0.1, 0.15) is 0 Å². The van der Waals surface area contributed by atoms with Crippen molar-refractivity contribution in [1.29, 1.82) is 0 Å². The minimum atomic E-state index is 0.0959. The summed E-state index contributed by atoms with van der Waals surface area (Å²) in [4.78, 5) is 11.7. The fourth-order valence-electron chi connectivity index (χ4n) is 1.73. The molecule has 5 heteroatoms. The Morgan fingerprint density at radius 3 is 3.33 bits per heavy atom. The van der Waals surface area contributed by atoms with E-state index in [-0.39, 0.29) is 11.8 Å². The van der Waals surface area contributed by atoms with Gasteiger partial charge in [-0.3, -0.25) is 4.79 Å². The third-order valence-corrected chi connectivity index (χ3v) is 2.60. The predicted octanol–water partition coefficient (Wildman–Crippen LogP) is 0.290. The molecule has 5 nitrogen and oxygen atoms in total. The molecule has 1 atom stereocenters. The van der Waals surface area contributed by atoms with E-state index in [1.54, 1.807) is 12.3 Å². The number of carbonyl (C=O) groups is 1. The molecule has 1 saturated heterocycles. The number of hydrogen-bond donors (Lipinski definition) is 2. The first-order valence-corrected chi connectivity index (χ1v) is 5.24. The first kappa shape index (κ1) is 10.2. The SMILES string of the molecule is O=C(NCc1ccno1)[C@H]1CCCNC1. The lowest BCUT2D eigenvalue weighted by molar-refractivity contribution is -0.125. The van der Waals surface area contributed by atoms with Crippen molar-refractivity contribution in [1.82, 2.24) is 15.8 Å². The first-order valence-electron chi connectivity index (χ1n) is 5.24. The van der Waals surface area contributed by atoms with Gasteiger partial charge in [0.25, 0.3) is 0 Å². The van der Waals surface area contributed by atoms with Gasteiger partial charge >= 0.3 is 0 Å². The van der Waals surface area contributed by atoms with Crippen LogP contribution in [0.1, 0.15) is 18.6 Å². The summed E-state index contributed by atoms with van der Waals surface area (Å²) in [5, 5.41) is 9.63. The van der Waals surface area contributed by atoms with Gasteiger partial charge in [-0.1, -0.05) is 5.16 Å². The maximum absolute atomic E-state index is 11.7. The number of nitrogens with one attached hydrogen (secondary N) is 2. The van der Waals surface area contributed by atoms with Crippen LogP contribution in [0.25, 0.3) is 0 Å². The molecule has 1 aliphatic heterocycles. The zero-order valence-electron chi connectivity index (χ0n) is 8.53. The van der Waals surface area contributed by atoms with Gasteiger partial charge in [0, 0.05) is 12.6 Å². The summed E-state index contributed by atoms with van der Waals surface area (Å²) in [6.07, 6.45) is 3.61. The third-order valence-electron chi connectivity index (χ3n) is 2.60. The van der Waals surface area contributed by atoms with Crippen molar-refractivity contribution in [2.24, 2.45) is 5.92 Å². The predicted molar refractivity (Wildman–Crippen MR) is 53.9 cm³/mol. The molecule has 0 radical (unpaired) electrons. The Morgan fingerprint density at radius 2 is 2.67 bits per heavy atom. The minimum Gasteiger partial charge on any atom is -0.360 e. The Balaban J connectivity index is 1.76. The molecule has 15 heavy (non-hydrogen) atoms. The van der Waals surface area contributed by atoms with E-state index >= 15 is 0 Å². The quantitative estimate of drug-likeness (QED) is 0.751. The maximum Gasteiger partial charge on any atom is 0.224 e. The second-order valence-electron chi connectivity index (χ2n) is 3.74. The summed E-state index contributed by atoms with van der Waals surface area (Å²) in [5.41, 5.74) is 0. The van der Waals surface area contributed by atoms with Crippen LogP contribution in [-0.2, 0) is 11.3 Å². The van der Waals surface area contributed by atoms with Crippen molar-refractivity contribution >= 4 is 5.91 Å². The molecule has 2 rings (SSSR count). The molecule has 1 aliphatic rings. The van der Waals surface area contributed by atoms with E-state index in [9.17, 15) is 4.79 Å². The van der Waals surface area contributed by atoms with Crippen molar-refractivity contribution in [3.05, 3.63) is 18.0 Å². The highest BCUT2D eigenvalue weighted by Crippen LogP contribution is 2.09. The Hall–Kier alpha value is -1.36. The summed E-state index contributed by atoms with van der Waals surface area (Å²) in [5.74, 6) is 0.882. The van der Waals surface area contributed by atoms with Crippen LogP contribution >= 0.6 is 0 Å². The molecule has 1 aromatic rings. The fourth-order valence-corrected chi connectivity index (χ4v) is 1.73. The second kappa shape index (κ2) is 4.93. The lowest BCUT2D eigenvalue weighted by Crippen LogP contribution is -2.40. The molecule has 0 bridgehead atoms. The zero-order valence-corrected chi connectivity index (χ0v) is 8.53. The van der Waals surface area contributed by atoms with Gasteiger partial charge in [-0.05, 0) is 19.4 Å². The fraction of sp³-hybridized carbons (Fsp3) is 0.600. The van der Waals surface area contributed by atoms with Gasteiger partial charge in [0.05, 0.1) is 18.7 Å². The van der Waals surface area contributed by atoms with Crippen LogP contribution in [0.5, 0.6) is 0 Å². The van der Waals surface area contributed by atoms with Gasteiger partial charge < -0.3 is 15.2 Å². The van der Waals surface area contributed by atoms with Crippen molar-refractivity contribution in [3.8, 4) is 0 Å². The molecule has 0 unspecified atom stereocenters. The smallest absolute Gasteiger partial charge is 0.224 e. The molecule has 1 amide bonds. The molecule has 82 valence electrons. The number of nitrogens with zero attached hydrogens (tertiary/aromatic N) is 1. The third kappa shape index (κ3) is 2.79. The summed E-state index contributed by atoms with van der Waals surface area (Å²) in [6.45, 7) is 2.23. The Kier molecular flexibility index (Phi) is 3.34. The summed E-state index contributed by atoms with van der Waals surface area (Å²) in [6, 6.07) is 1.75. The van der Waals surface area contributed by atoms with E-state index in [0.717, 1.165) is 25.9 Å². The number of carbonyl (C=O) groups excluding carboxylic acids is 1. The second-order valence-corrected chi connectivity index (χ2v) is 3.74. The Morgan fingerprint density at radius 1 is 1.73 bits per heavy atom. The zero-order chi connectivity index (χ0) is 10.5. The Labute approximate surface area is 88.2 Å². The van der Waals surface area contributed by atoms with Crippen molar-refractivity contribution in [2.45, 2.75) is 19.4 Å². The number of amides is 1. The average Bonchev–Trinajstić information content (AvgIpc) is 2.80. The van der Waals surface area contributed by atoms with Crippen LogP contribution in [0, 0.1) is 5.92 Å². The largest absolute Gasteiger partial charge is 0.360 e. The van der Waals surface area contributed by atoms with Gasteiger partial charge in [0.2, 0.25) is 5.91 Å². The number of piperidine rings is 1. The van der Waals surface area contributed by atoms with Gasteiger partial charge in [-0.2, -0.15) is 0 Å². The number of hydrogen-bond acceptors (Lipinski definition) is 4. The highest BCUT2D eigenvalue weighted by Gasteiger charge is 2.20. The summed E-state index contributed by atoms with van der Waals surface area (Å²) >= 11 is 0. The molecule has 1 fully saturated rings. The van der Waals surface area contributed by atoms with Gasteiger partial charge in [0.15, 0.2) is 5.76 Å². The molecule has 0 aliphatic carbocycles. The van der Waals surface area contributed by atoms with Crippen LogP contribution in [0.2, 0.25) is 0 Å². The molecule has 2 heterocycles. The number of rotatable bonds is 3.